The van der Waals surface area contributed by atoms with E-state index < -0.39 is 0 Å². The van der Waals surface area contributed by atoms with Crippen LogP contribution in [0.15, 0.2) is 58.8 Å². The summed E-state index contributed by atoms with van der Waals surface area (Å²) in [7, 11) is 0. The third-order valence-electron chi connectivity index (χ3n) is 6.03. The third-order valence-corrected chi connectivity index (χ3v) is 6.03. The third kappa shape index (κ3) is 5.72. The standard InChI is InChI=1S/C26H28N4O3/c27-15-19(26(32)29-21-8-3-1-2-4-9-21)14-20-17-30(24-12-6-5-11-23(20)24)18-25(31)28-16-22-10-7-13-33-22/h5-7,10-14,17,21H,1-4,8-9,16,18H2,(H,28,31)(H,29,32)/b19-14+. The number of hydrogen-bond donors (Lipinski definition) is 2. The average molecular weight is 445 g/mol. The molecule has 7 heteroatoms. The Morgan fingerprint density at radius 1 is 1.12 bits per heavy atom. The fourth-order valence-corrected chi connectivity index (χ4v) is 4.32. The first-order valence-electron chi connectivity index (χ1n) is 11.4. The van der Waals surface area contributed by atoms with Gasteiger partial charge in [0, 0.05) is 28.7 Å². The van der Waals surface area contributed by atoms with Gasteiger partial charge in [0.15, 0.2) is 0 Å². The minimum atomic E-state index is -0.336. The molecule has 33 heavy (non-hydrogen) atoms. The Balaban J connectivity index is 1.51. The predicted octanol–water partition coefficient (Wildman–Crippen LogP) is 4.30. The summed E-state index contributed by atoms with van der Waals surface area (Å²) in [6.07, 6.45) is 11.5. The van der Waals surface area contributed by atoms with E-state index in [0.717, 1.165) is 42.1 Å². The number of nitrogens with zero attached hydrogens (tertiary/aromatic N) is 2. The Bertz CT molecular complexity index is 1180. The fourth-order valence-electron chi connectivity index (χ4n) is 4.32. The normalized spacial score (nSPS) is 15.1. The van der Waals surface area contributed by atoms with Crippen LogP contribution in [0.25, 0.3) is 17.0 Å². The van der Waals surface area contributed by atoms with Crippen molar-refractivity contribution in [1.82, 2.24) is 15.2 Å². The second-order valence-corrected chi connectivity index (χ2v) is 8.42. The predicted molar refractivity (Wildman–Crippen MR) is 126 cm³/mol. The molecule has 3 aromatic rings. The fraction of sp³-hybridized carbons (Fsp3) is 0.346. The number of fused-ring (bicyclic) bond motifs is 1. The van der Waals surface area contributed by atoms with Gasteiger partial charge in [-0.25, -0.2) is 0 Å². The SMILES string of the molecule is N#C/C(=C\c1cn(CC(=O)NCc2ccco2)c2ccccc12)C(=O)NC1CCCCCC1. The van der Waals surface area contributed by atoms with Gasteiger partial charge < -0.3 is 19.6 Å². The Kier molecular flexibility index (Phi) is 7.26. The van der Waals surface area contributed by atoms with E-state index in [1.807, 2.05) is 35.0 Å². The van der Waals surface area contributed by atoms with Gasteiger partial charge >= 0.3 is 0 Å². The summed E-state index contributed by atoms with van der Waals surface area (Å²) in [4.78, 5) is 25.3. The number of carbonyl (C=O) groups is 2. The number of carbonyl (C=O) groups excluding carboxylic acids is 2. The first-order chi connectivity index (χ1) is 16.1. The smallest absolute Gasteiger partial charge is 0.262 e. The van der Waals surface area contributed by atoms with E-state index in [1.165, 1.54) is 12.8 Å². The average Bonchev–Trinajstić information content (AvgIpc) is 3.38. The van der Waals surface area contributed by atoms with Gasteiger partial charge in [0.25, 0.3) is 5.91 Å². The molecule has 4 rings (SSSR count). The molecule has 7 nitrogen and oxygen atoms in total. The Hall–Kier alpha value is -3.79. The van der Waals surface area contributed by atoms with Gasteiger partial charge in [-0.15, -0.1) is 0 Å². The van der Waals surface area contributed by atoms with Crippen LogP contribution in [0.1, 0.15) is 49.8 Å². The van der Waals surface area contributed by atoms with E-state index in [2.05, 4.69) is 16.7 Å². The molecule has 2 aromatic heterocycles. The number of nitriles is 1. The van der Waals surface area contributed by atoms with Gasteiger partial charge in [-0.2, -0.15) is 5.26 Å². The zero-order valence-corrected chi connectivity index (χ0v) is 18.5. The van der Waals surface area contributed by atoms with E-state index in [4.69, 9.17) is 4.42 Å². The Morgan fingerprint density at radius 2 is 1.91 bits per heavy atom. The number of rotatable bonds is 7. The molecule has 0 atom stereocenters. The molecule has 0 aliphatic heterocycles. The number of benzene rings is 1. The summed E-state index contributed by atoms with van der Waals surface area (Å²) in [5, 5.41) is 16.4. The summed E-state index contributed by atoms with van der Waals surface area (Å²) in [5.41, 5.74) is 1.67. The molecule has 1 aliphatic carbocycles. The molecule has 0 spiro atoms. The van der Waals surface area contributed by atoms with Crippen LogP contribution in [-0.2, 0) is 22.7 Å². The minimum absolute atomic E-state index is 0.0735. The number of hydrogen-bond acceptors (Lipinski definition) is 4. The summed E-state index contributed by atoms with van der Waals surface area (Å²) >= 11 is 0. The highest BCUT2D eigenvalue weighted by Crippen LogP contribution is 2.24. The van der Waals surface area contributed by atoms with Gasteiger partial charge in [0.1, 0.15) is 23.9 Å². The molecular weight excluding hydrogens is 416 g/mol. The van der Waals surface area contributed by atoms with Crippen LogP contribution in [0.2, 0.25) is 0 Å². The zero-order valence-electron chi connectivity index (χ0n) is 18.5. The number of aromatic nitrogens is 1. The maximum absolute atomic E-state index is 12.8. The molecule has 1 aromatic carbocycles. The Morgan fingerprint density at radius 3 is 2.64 bits per heavy atom. The molecular formula is C26H28N4O3. The maximum atomic E-state index is 12.8. The molecule has 0 unspecified atom stereocenters. The van der Waals surface area contributed by atoms with Crippen molar-refractivity contribution >= 4 is 28.8 Å². The maximum Gasteiger partial charge on any atom is 0.262 e. The molecule has 2 amide bonds. The molecule has 1 fully saturated rings. The van der Waals surface area contributed by atoms with E-state index in [0.29, 0.717) is 12.3 Å². The Labute approximate surface area is 193 Å². The van der Waals surface area contributed by atoms with Crippen LogP contribution in [0.3, 0.4) is 0 Å². The second kappa shape index (κ2) is 10.7. The second-order valence-electron chi connectivity index (χ2n) is 8.42. The molecule has 2 N–H and O–H groups in total. The van der Waals surface area contributed by atoms with Gasteiger partial charge in [0.05, 0.1) is 12.8 Å². The van der Waals surface area contributed by atoms with Crippen molar-refractivity contribution in [3.63, 3.8) is 0 Å². The van der Waals surface area contributed by atoms with Crippen molar-refractivity contribution in [3.8, 4) is 6.07 Å². The van der Waals surface area contributed by atoms with Gasteiger partial charge in [-0.1, -0.05) is 43.9 Å². The molecule has 0 bridgehead atoms. The topological polar surface area (TPSA) is 100 Å². The summed E-state index contributed by atoms with van der Waals surface area (Å²) in [5.74, 6) is 0.189. The highest BCUT2D eigenvalue weighted by atomic mass is 16.3. The van der Waals surface area contributed by atoms with E-state index in [1.54, 1.807) is 24.5 Å². The van der Waals surface area contributed by atoms with Crippen LogP contribution < -0.4 is 10.6 Å². The lowest BCUT2D eigenvalue weighted by Gasteiger charge is -2.15. The van der Waals surface area contributed by atoms with Gasteiger partial charge in [0.2, 0.25) is 5.91 Å². The van der Waals surface area contributed by atoms with Gasteiger partial charge in [-0.05, 0) is 37.1 Å². The van der Waals surface area contributed by atoms with Crippen molar-refractivity contribution in [2.45, 2.75) is 57.7 Å². The first kappa shape index (κ1) is 22.4. The summed E-state index contributed by atoms with van der Waals surface area (Å²) < 4.78 is 7.08. The molecule has 1 aliphatic rings. The van der Waals surface area contributed by atoms with E-state index in [9.17, 15) is 14.9 Å². The lowest BCUT2D eigenvalue weighted by molar-refractivity contribution is -0.122. The van der Waals surface area contributed by atoms with Crippen molar-refractivity contribution < 1.29 is 14.0 Å². The molecule has 1 saturated carbocycles. The molecule has 0 saturated heterocycles. The lowest BCUT2D eigenvalue weighted by Crippen LogP contribution is -2.35. The minimum Gasteiger partial charge on any atom is -0.467 e. The summed E-state index contributed by atoms with van der Waals surface area (Å²) in [6, 6.07) is 13.4. The highest BCUT2D eigenvalue weighted by Gasteiger charge is 2.18. The number of amides is 2. The van der Waals surface area contributed by atoms with E-state index in [-0.39, 0.29) is 30.0 Å². The summed E-state index contributed by atoms with van der Waals surface area (Å²) in [6.45, 7) is 0.433. The van der Waals surface area contributed by atoms with Crippen LogP contribution in [-0.4, -0.2) is 22.4 Å². The monoisotopic (exact) mass is 444 g/mol. The quantitative estimate of drug-likeness (QED) is 0.322. The highest BCUT2D eigenvalue weighted by molar-refractivity contribution is 6.04. The zero-order chi connectivity index (χ0) is 23.0. The lowest BCUT2D eigenvalue weighted by atomic mass is 10.1. The van der Waals surface area contributed by atoms with E-state index >= 15 is 0 Å². The van der Waals surface area contributed by atoms with Crippen molar-refractivity contribution in [2.75, 3.05) is 0 Å². The van der Waals surface area contributed by atoms with Crippen molar-refractivity contribution in [2.24, 2.45) is 0 Å². The number of para-hydroxylation sites is 1. The van der Waals surface area contributed by atoms with Crippen molar-refractivity contribution in [3.05, 3.63) is 65.8 Å². The largest absolute Gasteiger partial charge is 0.467 e. The number of furan rings is 1. The van der Waals surface area contributed by atoms with Crippen LogP contribution in [0.4, 0.5) is 0 Å². The van der Waals surface area contributed by atoms with Gasteiger partial charge in [-0.3, -0.25) is 9.59 Å². The van der Waals surface area contributed by atoms with Crippen LogP contribution >= 0.6 is 0 Å². The van der Waals surface area contributed by atoms with Crippen LogP contribution in [0, 0.1) is 11.3 Å². The molecule has 0 radical (unpaired) electrons. The van der Waals surface area contributed by atoms with Crippen molar-refractivity contribution in [1.29, 1.82) is 5.26 Å². The molecule has 170 valence electrons. The van der Waals surface area contributed by atoms with Crippen LogP contribution in [0.5, 0.6) is 0 Å². The number of nitrogens with one attached hydrogen (secondary N) is 2. The molecule has 2 heterocycles. The first-order valence-corrected chi connectivity index (χ1v) is 11.4.